The summed E-state index contributed by atoms with van der Waals surface area (Å²) in [5.74, 6) is 0.817. The Labute approximate surface area is 136 Å². The molecule has 2 N–H and O–H groups in total. The quantitative estimate of drug-likeness (QED) is 0.799. The highest BCUT2D eigenvalue weighted by Crippen LogP contribution is 2.34. The fourth-order valence-electron chi connectivity index (χ4n) is 2.20. The third-order valence-corrected chi connectivity index (χ3v) is 4.77. The van der Waals surface area contributed by atoms with Crippen molar-refractivity contribution >= 4 is 31.9 Å². The predicted octanol–water partition coefficient (Wildman–Crippen LogP) is 4.89. The molecule has 0 aliphatic rings. The van der Waals surface area contributed by atoms with Crippen molar-refractivity contribution in [1.29, 1.82) is 0 Å². The van der Waals surface area contributed by atoms with Crippen molar-refractivity contribution in [3.8, 4) is 5.75 Å². The predicted molar refractivity (Wildman–Crippen MR) is 90.3 cm³/mol. The minimum atomic E-state index is -0.223. The first-order valence-corrected chi connectivity index (χ1v) is 7.88. The molecule has 2 aromatic carbocycles. The smallest absolute Gasteiger partial charge is 0.124 e. The van der Waals surface area contributed by atoms with Crippen molar-refractivity contribution in [2.75, 3.05) is 7.11 Å². The van der Waals surface area contributed by atoms with E-state index in [0.29, 0.717) is 0 Å². The number of halogens is 2. The van der Waals surface area contributed by atoms with Crippen LogP contribution >= 0.6 is 31.9 Å². The summed E-state index contributed by atoms with van der Waals surface area (Å²) in [5, 5.41) is 0. The molecule has 0 saturated heterocycles. The first-order chi connectivity index (χ1) is 9.43. The topological polar surface area (TPSA) is 35.2 Å². The van der Waals surface area contributed by atoms with E-state index in [1.807, 2.05) is 25.1 Å². The van der Waals surface area contributed by atoms with Crippen molar-refractivity contribution in [3.05, 3.63) is 61.5 Å². The second-order valence-electron chi connectivity index (χ2n) is 4.82. The summed E-state index contributed by atoms with van der Waals surface area (Å²) in [7, 11) is 1.67. The molecule has 2 nitrogen and oxygen atoms in total. The molecule has 0 radical (unpaired) electrons. The third kappa shape index (κ3) is 3.08. The van der Waals surface area contributed by atoms with Crippen LogP contribution in [0.5, 0.6) is 5.75 Å². The maximum absolute atomic E-state index is 6.46. The largest absolute Gasteiger partial charge is 0.496 e. The number of nitrogens with two attached hydrogens (primary N) is 1. The van der Waals surface area contributed by atoms with E-state index in [2.05, 4.69) is 50.9 Å². The zero-order valence-corrected chi connectivity index (χ0v) is 14.9. The number of aryl methyl sites for hydroxylation is 2. The Kier molecular flexibility index (Phi) is 4.89. The van der Waals surface area contributed by atoms with Crippen LogP contribution in [-0.2, 0) is 0 Å². The molecular weight excluding hydrogens is 382 g/mol. The van der Waals surface area contributed by atoms with E-state index in [4.69, 9.17) is 10.5 Å². The van der Waals surface area contributed by atoms with Gasteiger partial charge in [-0.2, -0.15) is 0 Å². The van der Waals surface area contributed by atoms with Crippen LogP contribution in [0, 0.1) is 13.8 Å². The molecule has 1 unspecified atom stereocenters. The van der Waals surface area contributed by atoms with Crippen molar-refractivity contribution in [1.82, 2.24) is 0 Å². The Morgan fingerprint density at radius 2 is 1.70 bits per heavy atom. The molecule has 0 heterocycles. The van der Waals surface area contributed by atoms with Crippen LogP contribution in [0.3, 0.4) is 0 Å². The molecular formula is C16H17Br2NO. The zero-order chi connectivity index (χ0) is 14.9. The van der Waals surface area contributed by atoms with Crippen LogP contribution in [0.15, 0.2) is 39.3 Å². The summed E-state index contributed by atoms with van der Waals surface area (Å²) in [5.41, 5.74) is 10.8. The van der Waals surface area contributed by atoms with Gasteiger partial charge in [-0.15, -0.1) is 0 Å². The van der Waals surface area contributed by atoms with Gasteiger partial charge in [0.15, 0.2) is 0 Å². The van der Waals surface area contributed by atoms with Gasteiger partial charge >= 0.3 is 0 Å². The van der Waals surface area contributed by atoms with Gasteiger partial charge in [0, 0.05) is 14.5 Å². The molecule has 0 aromatic heterocycles. The van der Waals surface area contributed by atoms with Gasteiger partial charge < -0.3 is 10.5 Å². The Balaban J connectivity index is 2.55. The van der Waals surface area contributed by atoms with Crippen molar-refractivity contribution in [2.24, 2.45) is 5.73 Å². The van der Waals surface area contributed by atoms with Crippen LogP contribution in [0.4, 0.5) is 0 Å². The van der Waals surface area contributed by atoms with Gasteiger partial charge in [0.05, 0.1) is 13.2 Å². The van der Waals surface area contributed by atoms with Crippen LogP contribution < -0.4 is 10.5 Å². The first kappa shape index (κ1) is 15.5. The lowest BCUT2D eigenvalue weighted by molar-refractivity contribution is 0.407. The standard InChI is InChI=1S/C16H17Br2NO/c1-9-4-5-11(17)7-12(9)16(19)13-8-14(18)10(2)6-15(13)20-3/h4-8,16H,19H2,1-3H3. The Morgan fingerprint density at radius 1 is 1.00 bits per heavy atom. The van der Waals surface area contributed by atoms with Crippen LogP contribution in [0.25, 0.3) is 0 Å². The van der Waals surface area contributed by atoms with Crippen molar-refractivity contribution in [2.45, 2.75) is 19.9 Å². The highest BCUT2D eigenvalue weighted by Gasteiger charge is 2.17. The molecule has 20 heavy (non-hydrogen) atoms. The van der Waals surface area contributed by atoms with E-state index in [1.165, 1.54) is 5.56 Å². The molecule has 0 spiro atoms. The number of ether oxygens (including phenoxy) is 1. The number of rotatable bonds is 3. The van der Waals surface area contributed by atoms with Gasteiger partial charge in [-0.3, -0.25) is 0 Å². The normalized spacial score (nSPS) is 12.3. The fraction of sp³-hybridized carbons (Fsp3) is 0.250. The molecule has 0 bridgehead atoms. The van der Waals surface area contributed by atoms with E-state index in [1.54, 1.807) is 7.11 Å². The molecule has 0 aliphatic heterocycles. The van der Waals surface area contributed by atoms with E-state index >= 15 is 0 Å². The van der Waals surface area contributed by atoms with Gasteiger partial charge in [-0.1, -0.05) is 37.9 Å². The maximum atomic E-state index is 6.46. The average molecular weight is 399 g/mol. The number of hydrogen-bond acceptors (Lipinski definition) is 2. The molecule has 2 aromatic rings. The lowest BCUT2D eigenvalue weighted by atomic mass is 9.94. The molecule has 0 amide bonds. The van der Waals surface area contributed by atoms with E-state index in [9.17, 15) is 0 Å². The van der Waals surface area contributed by atoms with E-state index in [-0.39, 0.29) is 6.04 Å². The molecule has 1 atom stereocenters. The van der Waals surface area contributed by atoms with Crippen molar-refractivity contribution < 1.29 is 4.74 Å². The summed E-state index contributed by atoms with van der Waals surface area (Å²) in [6, 6.07) is 9.97. The zero-order valence-electron chi connectivity index (χ0n) is 11.7. The molecule has 0 fully saturated rings. The van der Waals surface area contributed by atoms with Crippen LogP contribution in [0.1, 0.15) is 28.3 Å². The molecule has 4 heteroatoms. The summed E-state index contributed by atoms with van der Waals surface area (Å²) in [6.07, 6.45) is 0. The van der Waals surface area contributed by atoms with Gasteiger partial charge in [-0.25, -0.2) is 0 Å². The summed E-state index contributed by atoms with van der Waals surface area (Å²) < 4.78 is 7.55. The van der Waals surface area contributed by atoms with E-state index in [0.717, 1.165) is 31.4 Å². The Bertz CT molecular complexity index is 641. The average Bonchev–Trinajstić information content (AvgIpc) is 2.43. The van der Waals surface area contributed by atoms with Crippen molar-refractivity contribution in [3.63, 3.8) is 0 Å². The monoisotopic (exact) mass is 397 g/mol. The van der Waals surface area contributed by atoms with Gasteiger partial charge in [0.2, 0.25) is 0 Å². The minimum Gasteiger partial charge on any atom is -0.496 e. The summed E-state index contributed by atoms with van der Waals surface area (Å²) in [4.78, 5) is 0. The van der Waals surface area contributed by atoms with Gasteiger partial charge in [-0.05, 0) is 54.8 Å². The third-order valence-electron chi connectivity index (χ3n) is 3.42. The summed E-state index contributed by atoms with van der Waals surface area (Å²) >= 11 is 7.07. The maximum Gasteiger partial charge on any atom is 0.124 e. The molecule has 0 saturated carbocycles. The number of hydrogen-bond donors (Lipinski definition) is 1. The second kappa shape index (κ2) is 6.29. The molecule has 106 valence electrons. The first-order valence-electron chi connectivity index (χ1n) is 6.29. The lowest BCUT2D eigenvalue weighted by Crippen LogP contribution is -2.14. The second-order valence-corrected chi connectivity index (χ2v) is 6.59. The Hall–Kier alpha value is -0.840. The highest BCUT2D eigenvalue weighted by molar-refractivity contribution is 9.10. The minimum absolute atomic E-state index is 0.223. The van der Waals surface area contributed by atoms with Crippen LogP contribution in [-0.4, -0.2) is 7.11 Å². The Morgan fingerprint density at radius 3 is 2.35 bits per heavy atom. The van der Waals surface area contributed by atoms with E-state index < -0.39 is 0 Å². The molecule has 2 rings (SSSR count). The number of methoxy groups -OCH3 is 1. The SMILES string of the molecule is COc1cc(C)c(Br)cc1C(N)c1cc(Br)ccc1C. The fourth-order valence-corrected chi connectivity index (χ4v) is 2.94. The molecule has 0 aliphatic carbocycles. The van der Waals surface area contributed by atoms with Crippen LogP contribution in [0.2, 0.25) is 0 Å². The van der Waals surface area contributed by atoms with Gasteiger partial charge in [0.1, 0.15) is 5.75 Å². The highest BCUT2D eigenvalue weighted by atomic mass is 79.9. The lowest BCUT2D eigenvalue weighted by Gasteiger charge is -2.19. The number of benzene rings is 2. The van der Waals surface area contributed by atoms with Gasteiger partial charge in [0.25, 0.3) is 0 Å². The summed E-state index contributed by atoms with van der Waals surface area (Å²) in [6.45, 7) is 4.10.